The van der Waals surface area contributed by atoms with Crippen molar-refractivity contribution in [2.24, 2.45) is 11.7 Å². The van der Waals surface area contributed by atoms with Crippen molar-refractivity contribution in [3.63, 3.8) is 0 Å². The van der Waals surface area contributed by atoms with Crippen LogP contribution in [0.2, 0.25) is 0 Å². The highest BCUT2D eigenvalue weighted by Crippen LogP contribution is 2.26. The van der Waals surface area contributed by atoms with Gasteiger partial charge in [0, 0.05) is 24.9 Å². The highest BCUT2D eigenvalue weighted by Gasteiger charge is 2.38. The number of carboxylic acid groups (broad SMARTS) is 1. The first-order valence-electron chi connectivity index (χ1n) is 5.83. The van der Waals surface area contributed by atoms with E-state index in [1.54, 1.807) is 0 Å². The molecule has 0 bridgehead atoms. The number of aliphatic carboxylic acids is 1. The summed E-state index contributed by atoms with van der Waals surface area (Å²) in [5.41, 5.74) is 5.82. The number of hydrogen-bond acceptors (Lipinski definition) is 3. The molecule has 0 amide bonds. The van der Waals surface area contributed by atoms with E-state index in [9.17, 15) is 13.2 Å². The third-order valence-electron chi connectivity index (χ3n) is 2.86. The van der Waals surface area contributed by atoms with Gasteiger partial charge in [-0.3, -0.25) is 0 Å². The molecular weight excluding hydrogens is 263 g/mol. The van der Waals surface area contributed by atoms with Crippen LogP contribution in [0.1, 0.15) is 25.1 Å². The highest BCUT2D eigenvalue weighted by atomic mass is 19.4. The summed E-state index contributed by atoms with van der Waals surface area (Å²) in [5.74, 6) is -0.896. The van der Waals surface area contributed by atoms with Crippen LogP contribution in [0, 0.1) is 5.92 Å². The lowest BCUT2D eigenvalue weighted by Crippen LogP contribution is -2.21. The van der Waals surface area contributed by atoms with Gasteiger partial charge in [0.2, 0.25) is 0 Å². The zero-order valence-corrected chi connectivity index (χ0v) is 10.2. The quantitative estimate of drug-likeness (QED) is 0.768. The summed E-state index contributed by atoms with van der Waals surface area (Å²) in [4.78, 5) is 16.2. The number of nitrogens with one attached hydrogen (secondary N) is 1. The normalized spacial score (nSPS) is 22.7. The van der Waals surface area contributed by atoms with Crippen LogP contribution in [0.3, 0.4) is 0 Å². The number of aromatic amines is 1. The van der Waals surface area contributed by atoms with Crippen molar-refractivity contribution < 1.29 is 23.1 Å². The fourth-order valence-electron chi connectivity index (χ4n) is 1.98. The molecule has 0 aliphatic heterocycles. The second kappa shape index (κ2) is 6.55. The number of aromatic nitrogens is 2. The summed E-state index contributed by atoms with van der Waals surface area (Å²) in [7, 11) is 0. The van der Waals surface area contributed by atoms with Crippen molar-refractivity contribution in [3.8, 4) is 0 Å². The Bertz CT molecular complexity index is 392. The van der Waals surface area contributed by atoms with E-state index in [-0.39, 0.29) is 0 Å². The van der Waals surface area contributed by atoms with Gasteiger partial charge in [-0.1, -0.05) is 0 Å². The molecule has 1 fully saturated rings. The molecule has 0 radical (unpaired) electrons. The molecular formula is C11H16F3N3O2. The van der Waals surface area contributed by atoms with E-state index in [1.807, 2.05) is 12.4 Å². The Kier molecular flexibility index (Phi) is 5.34. The minimum absolute atomic E-state index is 0.435. The minimum atomic E-state index is -5.08. The van der Waals surface area contributed by atoms with Crippen molar-refractivity contribution in [2.45, 2.75) is 37.9 Å². The Hall–Kier alpha value is -1.57. The molecule has 2 rings (SSSR count). The van der Waals surface area contributed by atoms with Gasteiger partial charge < -0.3 is 15.8 Å². The molecule has 0 unspecified atom stereocenters. The summed E-state index contributed by atoms with van der Waals surface area (Å²) in [6.45, 7) is 0. The van der Waals surface area contributed by atoms with E-state index in [2.05, 4.69) is 9.97 Å². The molecule has 1 aromatic heterocycles. The van der Waals surface area contributed by atoms with Crippen LogP contribution in [0.15, 0.2) is 12.4 Å². The summed E-state index contributed by atoms with van der Waals surface area (Å²) in [5, 5.41) is 7.12. The van der Waals surface area contributed by atoms with Crippen LogP contribution in [0.4, 0.5) is 13.2 Å². The monoisotopic (exact) mass is 279 g/mol. The summed E-state index contributed by atoms with van der Waals surface area (Å²) < 4.78 is 31.7. The fourth-order valence-corrected chi connectivity index (χ4v) is 1.98. The maximum atomic E-state index is 10.6. The van der Waals surface area contributed by atoms with Crippen LogP contribution >= 0.6 is 0 Å². The number of rotatable bonds is 2. The van der Waals surface area contributed by atoms with E-state index in [0.717, 1.165) is 18.2 Å². The van der Waals surface area contributed by atoms with Gasteiger partial charge in [0.1, 0.15) is 5.82 Å². The second-order valence-electron chi connectivity index (χ2n) is 4.48. The summed E-state index contributed by atoms with van der Waals surface area (Å²) in [6.07, 6.45) is 3.29. The molecule has 0 spiro atoms. The van der Waals surface area contributed by atoms with Gasteiger partial charge in [0.15, 0.2) is 0 Å². The molecule has 19 heavy (non-hydrogen) atoms. The average molecular weight is 279 g/mol. The van der Waals surface area contributed by atoms with E-state index in [4.69, 9.17) is 15.6 Å². The molecule has 1 aliphatic carbocycles. The van der Waals surface area contributed by atoms with Gasteiger partial charge in [-0.25, -0.2) is 9.78 Å². The number of hydrogen-bond donors (Lipinski definition) is 3. The van der Waals surface area contributed by atoms with E-state index >= 15 is 0 Å². The van der Waals surface area contributed by atoms with Gasteiger partial charge in [0.05, 0.1) is 0 Å². The Morgan fingerprint density at radius 1 is 1.53 bits per heavy atom. The predicted octanol–water partition coefficient (Wildman–Crippen LogP) is 1.71. The Morgan fingerprint density at radius 3 is 2.53 bits per heavy atom. The van der Waals surface area contributed by atoms with Crippen molar-refractivity contribution in [2.75, 3.05) is 0 Å². The van der Waals surface area contributed by atoms with Gasteiger partial charge in [0.25, 0.3) is 0 Å². The lowest BCUT2D eigenvalue weighted by atomic mass is 10.0. The first kappa shape index (κ1) is 15.5. The minimum Gasteiger partial charge on any atom is -0.475 e. The standard InChI is InChI=1S/C9H15N3.C2HF3O2/c10-8-2-1-7(5-8)6-9-11-3-4-12-9;3-2(4,5)1(6)7/h3-4,7-8H,1-2,5-6,10H2,(H,11,12);(H,6,7)/t7-,8+;/m0./s1. The molecule has 5 nitrogen and oxygen atoms in total. The number of alkyl halides is 3. The zero-order chi connectivity index (χ0) is 14.5. The van der Waals surface area contributed by atoms with Crippen molar-refractivity contribution in [3.05, 3.63) is 18.2 Å². The first-order chi connectivity index (χ1) is 8.79. The van der Waals surface area contributed by atoms with Crippen LogP contribution in [-0.2, 0) is 11.2 Å². The third kappa shape index (κ3) is 5.73. The third-order valence-corrected chi connectivity index (χ3v) is 2.86. The Labute approximate surface area is 108 Å². The van der Waals surface area contributed by atoms with Crippen molar-refractivity contribution in [1.29, 1.82) is 0 Å². The fraction of sp³-hybridized carbons (Fsp3) is 0.636. The SMILES string of the molecule is N[C@@H]1CC[C@H](Cc2ncc[nH]2)C1.O=C(O)C(F)(F)F. The van der Waals surface area contributed by atoms with Crippen molar-refractivity contribution >= 4 is 5.97 Å². The van der Waals surface area contributed by atoms with Gasteiger partial charge in [-0.15, -0.1) is 0 Å². The number of nitrogens with two attached hydrogens (primary N) is 1. The second-order valence-corrected chi connectivity index (χ2v) is 4.48. The molecule has 1 saturated carbocycles. The summed E-state index contributed by atoms with van der Waals surface area (Å²) >= 11 is 0. The smallest absolute Gasteiger partial charge is 0.475 e. The Morgan fingerprint density at radius 2 is 2.16 bits per heavy atom. The van der Waals surface area contributed by atoms with E-state index < -0.39 is 12.1 Å². The Balaban J connectivity index is 0.000000224. The van der Waals surface area contributed by atoms with Gasteiger partial charge in [-0.2, -0.15) is 13.2 Å². The molecule has 4 N–H and O–H groups in total. The number of H-pyrrole nitrogens is 1. The molecule has 1 heterocycles. The molecule has 0 aromatic carbocycles. The maximum Gasteiger partial charge on any atom is 0.490 e. The molecule has 1 aliphatic rings. The number of imidazole rings is 1. The van der Waals surface area contributed by atoms with Gasteiger partial charge >= 0.3 is 12.1 Å². The molecule has 1 aromatic rings. The number of carbonyl (C=O) groups is 1. The topological polar surface area (TPSA) is 92.0 Å². The number of carboxylic acids is 1. The van der Waals surface area contributed by atoms with E-state index in [0.29, 0.717) is 6.04 Å². The van der Waals surface area contributed by atoms with Crippen molar-refractivity contribution in [1.82, 2.24) is 9.97 Å². The molecule has 2 atom stereocenters. The lowest BCUT2D eigenvalue weighted by molar-refractivity contribution is -0.192. The van der Waals surface area contributed by atoms with Crippen LogP contribution < -0.4 is 5.73 Å². The number of halogens is 3. The van der Waals surface area contributed by atoms with E-state index in [1.165, 1.54) is 19.3 Å². The number of nitrogens with zero attached hydrogens (tertiary/aromatic N) is 1. The highest BCUT2D eigenvalue weighted by molar-refractivity contribution is 5.73. The van der Waals surface area contributed by atoms with Crippen LogP contribution in [0.25, 0.3) is 0 Å². The predicted molar refractivity (Wildman–Crippen MR) is 61.3 cm³/mol. The maximum absolute atomic E-state index is 10.6. The molecule has 8 heteroatoms. The molecule has 108 valence electrons. The largest absolute Gasteiger partial charge is 0.490 e. The zero-order valence-electron chi connectivity index (χ0n) is 10.2. The first-order valence-corrected chi connectivity index (χ1v) is 5.83. The van der Waals surface area contributed by atoms with Crippen LogP contribution in [-0.4, -0.2) is 33.3 Å². The molecule has 0 saturated heterocycles. The average Bonchev–Trinajstić information content (AvgIpc) is 2.90. The van der Waals surface area contributed by atoms with Crippen LogP contribution in [0.5, 0.6) is 0 Å². The van der Waals surface area contributed by atoms with Gasteiger partial charge in [-0.05, 0) is 25.2 Å². The lowest BCUT2D eigenvalue weighted by Gasteiger charge is -2.05. The summed E-state index contributed by atoms with van der Waals surface area (Å²) in [6, 6.07) is 0.435.